The van der Waals surface area contributed by atoms with E-state index < -0.39 is 5.60 Å². The minimum atomic E-state index is -0.602. The molecular weight excluding hydrogens is 378 g/mol. The molecule has 0 aromatic rings. The number of esters is 1. The van der Waals surface area contributed by atoms with Gasteiger partial charge in [-0.2, -0.15) is 0 Å². The minimum Gasteiger partial charge on any atom is -0.458 e. The molecule has 30 heavy (non-hydrogen) atoms. The highest BCUT2D eigenvalue weighted by Crippen LogP contribution is 2.70. The van der Waals surface area contributed by atoms with Crippen molar-refractivity contribution < 1.29 is 19.5 Å². The van der Waals surface area contributed by atoms with Crippen molar-refractivity contribution in [2.45, 2.75) is 77.2 Å². The first kappa shape index (κ1) is 21.0. The molecule has 8 atom stereocenters. The van der Waals surface area contributed by atoms with Crippen molar-refractivity contribution in [1.82, 2.24) is 5.48 Å². The third kappa shape index (κ3) is 2.87. The van der Waals surface area contributed by atoms with Gasteiger partial charge in [-0.3, -0.25) is 0 Å². The Morgan fingerprint density at radius 3 is 2.70 bits per heavy atom. The van der Waals surface area contributed by atoms with Crippen LogP contribution in [0, 0.1) is 40.4 Å². The normalized spacial score (nSPS) is 50.3. The molecule has 4 aliphatic carbocycles. The van der Waals surface area contributed by atoms with Crippen LogP contribution < -0.4 is 5.48 Å². The Hall–Kier alpha value is -0.910. The summed E-state index contributed by atoms with van der Waals surface area (Å²) < 4.78 is 5.24. The second-order valence-electron chi connectivity index (χ2n) is 11.5. The van der Waals surface area contributed by atoms with Crippen LogP contribution in [0.2, 0.25) is 0 Å². The number of rotatable bonds is 4. The third-order valence-corrected chi connectivity index (χ3v) is 10.6. The topological polar surface area (TPSA) is 67.8 Å². The zero-order valence-electron chi connectivity index (χ0n) is 18.9. The summed E-state index contributed by atoms with van der Waals surface area (Å²) in [5.41, 5.74) is 3.83. The average molecular weight is 418 g/mol. The number of aliphatic hydroxyl groups is 1. The second-order valence-corrected chi connectivity index (χ2v) is 11.5. The molecule has 0 amide bonds. The molecule has 5 nitrogen and oxygen atoms in total. The van der Waals surface area contributed by atoms with E-state index in [0.29, 0.717) is 29.8 Å². The molecule has 0 aromatic heterocycles. The number of hydroxylamine groups is 1. The molecule has 0 radical (unpaired) electrons. The van der Waals surface area contributed by atoms with Crippen molar-refractivity contribution in [2.75, 3.05) is 20.3 Å². The van der Waals surface area contributed by atoms with E-state index in [-0.39, 0.29) is 17.3 Å². The SMILES string of the molecule is CONC[C@H]1CC[C@@]2(C)C(CCC3C2CC[C@]2(C)[C@@H](C4=CC(=O)OC4)CC[C@]32O)C1. The molecular formula is C25H39NO4. The summed E-state index contributed by atoms with van der Waals surface area (Å²) in [6, 6.07) is 0. The third-order valence-electron chi connectivity index (χ3n) is 10.6. The van der Waals surface area contributed by atoms with Gasteiger partial charge in [0.1, 0.15) is 6.61 Å². The summed E-state index contributed by atoms with van der Waals surface area (Å²) in [6.07, 6.45) is 12.1. The van der Waals surface area contributed by atoms with Gasteiger partial charge in [-0.15, -0.1) is 0 Å². The smallest absolute Gasteiger partial charge is 0.331 e. The Morgan fingerprint density at radius 2 is 1.97 bits per heavy atom. The lowest BCUT2D eigenvalue weighted by Gasteiger charge is -2.64. The van der Waals surface area contributed by atoms with Crippen LogP contribution >= 0.6 is 0 Å². The van der Waals surface area contributed by atoms with Gasteiger partial charge < -0.3 is 14.7 Å². The Morgan fingerprint density at radius 1 is 1.13 bits per heavy atom. The van der Waals surface area contributed by atoms with Crippen LogP contribution in [0.5, 0.6) is 0 Å². The number of ether oxygens (including phenoxy) is 1. The Balaban J connectivity index is 1.38. The lowest BCUT2D eigenvalue weighted by Crippen LogP contribution is -2.62. The molecule has 4 fully saturated rings. The summed E-state index contributed by atoms with van der Waals surface area (Å²) in [6.45, 7) is 6.24. The van der Waals surface area contributed by atoms with E-state index in [2.05, 4.69) is 19.3 Å². The predicted octanol–water partition coefficient (Wildman–Crippen LogP) is 4.01. The lowest BCUT2D eigenvalue weighted by molar-refractivity contribution is -0.206. The van der Waals surface area contributed by atoms with Crippen LogP contribution in [0.25, 0.3) is 0 Å². The van der Waals surface area contributed by atoms with Crippen molar-refractivity contribution in [3.05, 3.63) is 11.6 Å². The number of fused-ring (bicyclic) bond motifs is 5. The molecule has 5 aliphatic rings. The standard InChI is InChI=1S/C25H39NO4/c1-23-9-6-16(14-26-29-3)12-18(23)4-5-21-20(23)7-10-24(2)19(8-11-25(21,24)28)17-13-22(27)30-15-17/h13,16,18-21,26,28H,4-12,14-15H2,1-3H3/t16-,18?,19+,20?,21?,23-,24+,25-/m0/s1. The van der Waals surface area contributed by atoms with Gasteiger partial charge in [0.2, 0.25) is 0 Å². The summed E-state index contributed by atoms with van der Waals surface area (Å²) in [4.78, 5) is 16.8. The van der Waals surface area contributed by atoms with Gasteiger partial charge in [0.15, 0.2) is 0 Å². The zero-order chi connectivity index (χ0) is 21.1. The highest BCUT2D eigenvalue weighted by atomic mass is 16.6. The number of carbonyl (C=O) groups is 1. The van der Waals surface area contributed by atoms with Crippen LogP contribution in [0.3, 0.4) is 0 Å². The van der Waals surface area contributed by atoms with Crippen LogP contribution in [0.4, 0.5) is 0 Å². The summed E-state index contributed by atoms with van der Waals surface area (Å²) in [5, 5.41) is 12.3. The number of cyclic esters (lactones) is 1. The average Bonchev–Trinajstić information content (AvgIpc) is 3.26. The van der Waals surface area contributed by atoms with Gasteiger partial charge in [-0.1, -0.05) is 13.8 Å². The van der Waals surface area contributed by atoms with Gasteiger partial charge in [0, 0.05) is 18.0 Å². The van der Waals surface area contributed by atoms with Crippen molar-refractivity contribution in [3.8, 4) is 0 Å². The number of hydrogen-bond donors (Lipinski definition) is 2. The molecule has 0 saturated heterocycles. The molecule has 1 heterocycles. The van der Waals surface area contributed by atoms with E-state index in [0.717, 1.165) is 43.7 Å². The second kappa shape index (κ2) is 7.31. The van der Waals surface area contributed by atoms with Gasteiger partial charge in [0.05, 0.1) is 12.7 Å². The highest BCUT2D eigenvalue weighted by Gasteiger charge is 2.67. The van der Waals surface area contributed by atoms with Gasteiger partial charge in [-0.05, 0) is 98.4 Å². The maximum absolute atomic E-state index is 12.3. The van der Waals surface area contributed by atoms with E-state index in [1.807, 2.05) is 0 Å². The lowest BCUT2D eigenvalue weighted by atomic mass is 9.43. The first-order valence-corrected chi connectivity index (χ1v) is 12.2. The molecule has 5 rings (SSSR count). The number of carbonyl (C=O) groups excluding carboxylic acids is 1. The first-order chi connectivity index (χ1) is 14.3. The molecule has 0 bridgehead atoms. The van der Waals surface area contributed by atoms with Crippen molar-refractivity contribution >= 4 is 5.97 Å². The predicted molar refractivity (Wildman–Crippen MR) is 114 cm³/mol. The van der Waals surface area contributed by atoms with Crippen LogP contribution in [0.1, 0.15) is 71.6 Å². The van der Waals surface area contributed by atoms with Crippen molar-refractivity contribution in [2.24, 2.45) is 40.4 Å². The number of hydrogen-bond acceptors (Lipinski definition) is 5. The summed E-state index contributed by atoms with van der Waals surface area (Å²) >= 11 is 0. The molecule has 1 aliphatic heterocycles. The first-order valence-electron chi connectivity index (χ1n) is 12.2. The van der Waals surface area contributed by atoms with Gasteiger partial charge in [0.25, 0.3) is 0 Å². The highest BCUT2D eigenvalue weighted by molar-refractivity contribution is 5.85. The quantitative estimate of drug-likeness (QED) is 0.534. The van der Waals surface area contributed by atoms with E-state index in [1.54, 1.807) is 13.2 Å². The van der Waals surface area contributed by atoms with E-state index >= 15 is 0 Å². The molecule has 3 unspecified atom stereocenters. The van der Waals surface area contributed by atoms with Crippen molar-refractivity contribution in [3.63, 3.8) is 0 Å². The molecule has 5 heteroatoms. The molecule has 0 spiro atoms. The molecule has 4 saturated carbocycles. The fourth-order valence-electron chi connectivity index (χ4n) is 8.89. The van der Waals surface area contributed by atoms with Crippen LogP contribution in [0.15, 0.2) is 11.6 Å². The minimum absolute atomic E-state index is 0.128. The fourth-order valence-corrected chi connectivity index (χ4v) is 8.89. The molecule has 0 aromatic carbocycles. The zero-order valence-corrected chi connectivity index (χ0v) is 18.9. The van der Waals surface area contributed by atoms with E-state index in [1.165, 1.54) is 32.1 Å². The Bertz CT molecular complexity index is 737. The summed E-state index contributed by atoms with van der Waals surface area (Å²) in [5.74, 6) is 2.58. The van der Waals surface area contributed by atoms with Crippen LogP contribution in [-0.4, -0.2) is 36.9 Å². The maximum atomic E-state index is 12.3. The van der Waals surface area contributed by atoms with Gasteiger partial charge in [-0.25, -0.2) is 10.3 Å². The van der Waals surface area contributed by atoms with E-state index in [9.17, 15) is 9.90 Å². The molecule has 2 N–H and O–H groups in total. The largest absolute Gasteiger partial charge is 0.458 e. The molecule has 168 valence electrons. The Labute approximate surface area is 180 Å². The summed E-state index contributed by atoms with van der Waals surface area (Å²) in [7, 11) is 1.70. The Kier molecular flexibility index (Phi) is 5.11. The van der Waals surface area contributed by atoms with Gasteiger partial charge >= 0.3 is 5.97 Å². The maximum Gasteiger partial charge on any atom is 0.331 e. The fraction of sp³-hybridized carbons (Fsp3) is 0.880. The number of nitrogens with one attached hydrogen (secondary N) is 1. The van der Waals surface area contributed by atoms with Crippen LogP contribution in [-0.2, 0) is 14.4 Å². The van der Waals surface area contributed by atoms with E-state index in [4.69, 9.17) is 9.57 Å². The van der Waals surface area contributed by atoms with Crippen molar-refractivity contribution in [1.29, 1.82) is 0 Å². The monoisotopic (exact) mass is 417 g/mol.